The predicted molar refractivity (Wildman–Crippen MR) is 107 cm³/mol. The Morgan fingerprint density at radius 2 is 1.90 bits per heavy atom. The number of rotatable bonds is 6. The topological polar surface area (TPSA) is 59.9 Å². The van der Waals surface area contributed by atoms with Gasteiger partial charge in [0.15, 0.2) is 0 Å². The quantitative estimate of drug-likeness (QED) is 0.539. The van der Waals surface area contributed by atoms with E-state index in [9.17, 15) is 13.6 Å². The van der Waals surface area contributed by atoms with Crippen LogP contribution in [0, 0.1) is 11.6 Å². The molecule has 0 unspecified atom stereocenters. The van der Waals surface area contributed by atoms with Gasteiger partial charge in [0.25, 0.3) is 0 Å². The molecule has 0 radical (unpaired) electrons. The number of aromatic amines is 1. The van der Waals surface area contributed by atoms with Crippen LogP contribution >= 0.6 is 0 Å². The van der Waals surface area contributed by atoms with Crippen molar-refractivity contribution in [2.24, 2.45) is 0 Å². The number of hydrogen-bond donors (Lipinski definition) is 1. The van der Waals surface area contributed by atoms with Crippen LogP contribution in [0.5, 0.6) is 0 Å². The fourth-order valence-corrected chi connectivity index (χ4v) is 3.40. The van der Waals surface area contributed by atoms with E-state index in [2.05, 4.69) is 9.97 Å². The number of benzene rings is 2. The second-order valence-corrected chi connectivity index (χ2v) is 6.69. The molecule has 1 N–H and O–H groups in total. The Hall–Kier alpha value is -3.32. The van der Waals surface area contributed by atoms with Gasteiger partial charge in [0.1, 0.15) is 17.5 Å². The van der Waals surface area contributed by atoms with Crippen molar-refractivity contribution in [3.63, 3.8) is 0 Å². The fourth-order valence-electron chi connectivity index (χ4n) is 3.40. The van der Waals surface area contributed by atoms with Gasteiger partial charge in [0, 0.05) is 31.7 Å². The third kappa shape index (κ3) is 3.82. The maximum Gasteiger partial charge on any atom is 0.248 e. The molecule has 0 fully saturated rings. The van der Waals surface area contributed by atoms with Gasteiger partial charge in [-0.25, -0.2) is 13.8 Å². The van der Waals surface area contributed by atoms with Gasteiger partial charge in [-0.2, -0.15) is 0 Å². The zero-order valence-electron chi connectivity index (χ0n) is 15.8. The van der Waals surface area contributed by atoms with Crippen molar-refractivity contribution in [3.05, 3.63) is 88.0 Å². The highest BCUT2D eigenvalue weighted by Gasteiger charge is 2.16. The SMILES string of the molecule is COCCn1c(Cc2cc(F)c(-c3cccc(=O)[nH]3)cc2F)nc2ccccc21. The molecule has 4 aromatic rings. The molecule has 29 heavy (non-hydrogen) atoms. The average Bonchev–Trinajstić information content (AvgIpc) is 3.06. The van der Waals surface area contributed by atoms with E-state index in [1.807, 2.05) is 28.8 Å². The number of nitrogens with one attached hydrogen (secondary N) is 1. The minimum atomic E-state index is -0.609. The van der Waals surface area contributed by atoms with Crippen molar-refractivity contribution in [2.45, 2.75) is 13.0 Å². The number of hydrogen-bond acceptors (Lipinski definition) is 3. The van der Waals surface area contributed by atoms with Gasteiger partial charge in [-0.15, -0.1) is 0 Å². The number of pyridine rings is 1. The molecule has 148 valence electrons. The monoisotopic (exact) mass is 395 g/mol. The van der Waals surface area contributed by atoms with E-state index in [0.29, 0.717) is 19.0 Å². The third-order valence-corrected chi connectivity index (χ3v) is 4.80. The van der Waals surface area contributed by atoms with Gasteiger partial charge in [0.2, 0.25) is 5.56 Å². The van der Waals surface area contributed by atoms with Gasteiger partial charge < -0.3 is 14.3 Å². The zero-order valence-corrected chi connectivity index (χ0v) is 15.8. The van der Waals surface area contributed by atoms with E-state index in [0.717, 1.165) is 23.2 Å². The molecular weight excluding hydrogens is 376 g/mol. The molecule has 7 heteroatoms. The molecule has 2 heterocycles. The molecule has 0 atom stereocenters. The highest BCUT2D eigenvalue weighted by molar-refractivity contribution is 5.76. The number of methoxy groups -OCH3 is 1. The lowest BCUT2D eigenvalue weighted by Crippen LogP contribution is -2.10. The van der Waals surface area contributed by atoms with Crippen LogP contribution in [-0.2, 0) is 17.7 Å². The van der Waals surface area contributed by atoms with Crippen LogP contribution < -0.4 is 5.56 Å². The first kappa shape index (κ1) is 19.0. The van der Waals surface area contributed by atoms with Crippen molar-refractivity contribution < 1.29 is 13.5 Å². The minimum Gasteiger partial charge on any atom is -0.383 e. The molecule has 2 aromatic carbocycles. The summed E-state index contributed by atoms with van der Waals surface area (Å²) in [6, 6.07) is 14.2. The number of H-pyrrole nitrogens is 1. The van der Waals surface area contributed by atoms with Crippen LogP contribution in [-0.4, -0.2) is 28.3 Å². The van der Waals surface area contributed by atoms with Gasteiger partial charge in [-0.1, -0.05) is 18.2 Å². The maximum atomic E-state index is 14.8. The van der Waals surface area contributed by atoms with Crippen LogP contribution in [0.15, 0.2) is 59.4 Å². The van der Waals surface area contributed by atoms with Gasteiger partial charge >= 0.3 is 0 Å². The van der Waals surface area contributed by atoms with E-state index in [1.165, 1.54) is 18.2 Å². The number of fused-ring (bicyclic) bond motifs is 1. The number of para-hydroxylation sites is 2. The summed E-state index contributed by atoms with van der Waals surface area (Å²) in [7, 11) is 1.61. The van der Waals surface area contributed by atoms with E-state index < -0.39 is 11.6 Å². The molecule has 0 aliphatic carbocycles. The molecule has 0 amide bonds. The Kier molecular flexibility index (Phi) is 5.22. The highest BCUT2D eigenvalue weighted by Crippen LogP contribution is 2.26. The normalized spacial score (nSPS) is 11.3. The fraction of sp³-hybridized carbons (Fsp3) is 0.182. The summed E-state index contributed by atoms with van der Waals surface area (Å²) in [5, 5.41) is 0. The summed E-state index contributed by atoms with van der Waals surface area (Å²) in [6.45, 7) is 1.03. The molecular formula is C22H19F2N3O2. The Balaban J connectivity index is 1.73. The van der Waals surface area contributed by atoms with Crippen LogP contribution in [0.2, 0.25) is 0 Å². The second-order valence-electron chi connectivity index (χ2n) is 6.69. The highest BCUT2D eigenvalue weighted by atomic mass is 19.1. The van der Waals surface area contributed by atoms with Gasteiger partial charge in [-0.3, -0.25) is 4.79 Å². The number of halogens is 2. The van der Waals surface area contributed by atoms with Crippen LogP contribution in [0.4, 0.5) is 8.78 Å². The van der Waals surface area contributed by atoms with Crippen molar-refractivity contribution in [1.82, 2.24) is 14.5 Å². The molecule has 0 aliphatic heterocycles. The zero-order chi connectivity index (χ0) is 20.4. The lowest BCUT2D eigenvalue weighted by Gasteiger charge is -2.11. The number of nitrogens with zero attached hydrogens (tertiary/aromatic N) is 2. The van der Waals surface area contributed by atoms with E-state index in [4.69, 9.17) is 4.74 Å². The lowest BCUT2D eigenvalue weighted by molar-refractivity contribution is 0.187. The maximum absolute atomic E-state index is 14.8. The Labute approximate surface area is 165 Å². The summed E-state index contributed by atoms with van der Waals surface area (Å²) in [6.07, 6.45) is 0.132. The van der Waals surface area contributed by atoms with E-state index in [-0.39, 0.29) is 28.8 Å². The molecule has 0 bridgehead atoms. The lowest BCUT2D eigenvalue weighted by atomic mass is 10.0. The predicted octanol–water partition coefficient (Wildman–Crippen LogP) is 3.91. The van der Waals surface area contributed by atoms with E-state index >= 15 is 0 Å². The molecule has 0 saturated carbocycles. The largest absolute Gasteiger partial charge is 0.383 e. The first-order valence-corrected chi connectivity index (χ1v) is 9.17. The van der Waals surface area contributed by atoms with Gasteiger partial charge in [0.05, 0.1) is 23.3 Å². The standard InChI is InChI=1S/C22H19F2N3O2/c1-29-10-9-27-20-7-3-2-5-19(20)25-21(27)12-14-11-17(24)15(13-16(14)23)18-6-4-8-22(28)26-18/h2-8,11,13H,9-10,12H2,1H3,(H,26,28). The molecule has 0 saturated heterocycles. The van der Waals surface area contributed by atoms with E-state index in [1.54, 1.807) is 7.11 Å². The molecule has 0 spiro atoms. The van der Waals surface area contributed by atoms with Gasteiger partial charge in [-0.05, 0) is 35.9 Å². The molecule has 2 aromatic heterocycles. The third-order valence-electron chi connectivity index (χ3n) is 4.80. The number of imidazole rings is 1. The Morgan fingerprint density at radius 3 is 2.69 bits per heavy atom. The average molecular weight is 395 g/mol. The van der Waals surface area contributed by atoms with Crippen molar-refractivity contribution >= 4 is 11.0 Å². The summed E-state index contributed by atoms with van der Waals surface area (Å²) in [4.78, 5) is 18.6. The van der Waals surface area contributed by atoms with Crippen molar-refractivity contribution in [1.29, 1.82) is 0 Å². The number of aromatic nitrogens is 3. The minimum absolute atomic E-state index is 0.0110. The summed E-state index contributed by atoms with van der Waals surface area (Å²) in [5.41, 5.74) is 1.76. The van der Waals surface area contributed by atoms with Crippen molar-refractivity contribution in [3.8, 4) is 11.3 Å². The first-order valence-electron chi connectivity index (χ1n) is 9.17. The molecule has 5 nitrogen and oxygen atoms in total. The number of ether oxygens (including phenoxy) is 1. The Bertz CT molecular complexity index is 1230. The smallest absolute Gasteiger partial charge is 0.248 e. The van der Waals surface area contributed by atoms with Crippen molar-refractivity contribution in [2.75, 3.05) is 13.7 Å². The molecule has 4 rings (SSSR count). The summed E-state index contributed by atoms with van der Waals surface area (Å²) < 4.78 is 36.7. The van der Waals surface area contributed by atoms with Crippen LogP contribution in [0.25, 0.3) is 22.3 Å². The summed E-state index contributed by atoms with van der Waals surface area (Å²) >= 11 is 0. The first-order chi connectivity index (χ1) is 14.1. The Morgan fingerprint density at radius 1 is 1.07 bits per heavy atom. The van der Waals surface area contributed by atoms with Crippen LogP contribution in [0.3, 0.4) is 0 Å². The second kappa shape index (κ2) is 7.97. The molecule has 0 aliphatic rings. The summed E-state index contributed by atoms with van der Waals surface area (Å²) in [5.74, 6) is -0.540. The van der Waals surface area contributed by atoms with Crippen LogP contribution in [0.1, 0.15) is 11.4 Å².